The van der Waals surface area contributed by atoms with Crippen molar-refractivity contribution < 1.29 is 5.11 Å². The van der Waals surface area contributed by atoms with Crippen molar-refractivity contribution in [3.05, 3.63) is 0 Å². The molecule has 1 heteroatoms. The first-order chi connectivity index (χ1) is 4.76. The van der Waals surface area contributed by atoms with E-state index in [1.807, 2.05) is 0 Å². The van der Waals surface area contributed by atoms with E-state index in [9.17, 15) is 5.11 Å². The van der Waals surface area contributed by atoms with Crippen LogP contribution in [0.5, 0.6) is 0 Å². The summed E-state index contributed by atoms with van der Waals surface area (Å²) in [5.41, 5.74) is 0. The van der Waals surface area contributed by atoms with E-state index in [2.05, 4.69) is 25.7 Å². The third kappa shape index (κ3) is 2.89. The number of hydrogen-bond acceptors (Lipinski definition) is 1. The zero-order chi connectivity index (χ0) is 7.98. The molecule has 0 spiro atoms. The smallest absolute Gasteiger partial charge is 0.117 e. The van der Waals surface area contributed by atoms with Crippen LogP contribution in [0.15, 0.2) is 0 Å². The summed E-state index contributed by atoms with van der Waals surface area (Å²) in [6.45, 7) is 5.91. The first kappa shape index (κ1) is 9.52. The molecule has 0 aromatic carbocycles. The van der Waals surface area contributed by atoms with Gasteiger partial charge in [-0.3, -0.25) is 0 Å². The normalized spacial score (nSPS) is 12.5. The van der Waals surface area contributed by atoms with Crippen LogP contribution in [0.25, 0.3) is 0 Å². The van der Waals surface area contributed by atoms with Crippen LogP contribution >= 0.6 is 0 Å². The van der Waals surface area contributed by atoms with Crippen LogP contribution in [-0.2, 0) is 0 Å². The minimum atomic E-state index is -0.417. The van der Waals surface area contributed by atoms with Crippen LogP contribution in [0.4, 0.5) is 0 Å². The van der Waals surface area contributed by atoms with E-state index >= 15 is 0 Å². The van der Waals surface area contributed by atoms with Crippen LogP contribution in [0, 0.1) is 17.8 Å². The van der Waals surface area contributed by atoms with Gasteiger partial charge in [0.25, 0.3) is 0 Å². The van der Waals surface area contributed by atoms with Gasteiger partial charge in [0, 0.05) is 0 Å². The third-order valence-electron chi connectivity index (χ3n) is 1.79. The van der Waals surface area contributed by atoms with Crippen molar-refractivity contribution in [2.24, 2.45) is 5.92 Å². The summed E-state index contributed by atoms with van der Waals surface area (Å²) >= 11 is 0. The van der Waals surface area contributed by atoms with E-state index in [0.29, 0.717) is 5.92 Å². The molecule has 0 aromatic rings. The Morgan fingerprint density at radius 1 is 1.30 bits per heavy atom. The summed E-state index contributed by atoms with van der Waals surface area (Å²) in [6.07, 6.45) is 1.60. The summed E-state index contributed by atoms with van der Waals surface area (Å²) in [4.78, 5) is 0. The summed E-state index contributed by atoms with van der Waals surface area (Å²) in [5.74, 6) is 5.82. The molecule has 0 heterocycles. The summed E-state index contributed by atoms with van der Waals surface area (Å²) in [6, 6.07) is 0. The number of aliphatic hydroxyl groups is 1. The van der Waals surface area contributed by atoms with E-state index in [1.165, 1.54) is 0 Å². The minimum absolute atomic E-state index is 0.354. The average Bonchev–Trinajstić information content (AvgIpc) is 1.91. The summed E-state index contributed by atoms with van der Waals surface area (Å²) in [7, 11) is 0. The van der Waals surface area contributed by atoms with E-state index in [1.54, 1.807) is 6.92 Å². The van der Waals surface area contributed by atoms with Crippen molar-refractivity contribution in [1.29, 1.82) is 0 Å². The highest BCUT2D eigenvalue weighted by atomic mass is 16.3. The molecule has 0 rings (SSSR count). The van der Waals surface area contributed by atoms with Gasteiger partial charge in [0.1, 0.15) is 6.10 Å². The van der Waals surface area contributed by atoms with Crippen LogP contribution in [0.3, 0.4) is 0 Å². The molecule has 0 aromatic heterocycles. The van der Waals surface area contributed by atoms with Gasteiger partial charge in [-0.15, -0.1) is 5.92 Å². The van der Waals surface area contributed by atoms with Crippen molar-refractivity contribution in [2.75, 3.05) is 0 Å². The van der Waals surface area contributed by atoms with Crippen LogP contribution in [0.2, 0.25) is 0 Å². The van der Waals surface area contributed by atoms with Crippen molar-refractivity contribution in [3.8, 4) is 11.8 Å². The van der Waals surface area contributed by atoms with E-state index in [4.69, 9.17) is 0 Å². The Morgan fingerprint density at radius 3 is 2.10 bits per heavy atom. The van der Waals surface area contributed by atoms with Gasteiger partial charge >= 0.3 is 0 Å². The molecular formula is C9H16O. The van der Waals surface area contributed by atoms with Crippen LogP contribution in [-0.4, -0.2) is 11.2 Å². The molecule has 0 bridgehead atoms. The van der Waals surface area contributed by atoms with Crippen LogP contribution < -0.4 is 0 Å². The van der Waals surface area contributed by atoms with E-state index in [-0.39, 0.29) is 0 Å². The molecule has 0 fully saturated rings. The Balaban J connectivity index is 3.83. The van der Waals surface area contributed by atoms with Gasteiger partial charge in [-0.25, -0.2) is 0 Å². The van der Waals surface area contributed by atoms with Gasteiger partial charge in [-0.05, 0) is 25.7 Å². The first-order valence-electron chi connectivity index (χ1n) is 3.86. The lowest BCUT2D eigenvalue weighted by Gasteiger charge is -2.13. The Hall–Kier alpha value is -0.480. The SMILES string of the molecule is CC#CC(O)C(CC)CC. The third-order valence-corrected chi connectivity index (χ3v) is 1.79. The molecule has 0 saturated heterocycles. The highest BCUT2D eigenvalue weighted by molar-refractivity contribution is 5.03. The summed E-state index contributed by atoms with van der Waals surface area (Å²) < 4.78 is 0. The Kier molecular flexibility index (Phi) is 5.06. The second-order valence-corrected chi connectivity index (χ2v) is 2.42. The second kappa shape index (κ2) is 5.32. The molecule has 1 N–H and O–H groups in total. The van der Waals surface area contributed by atoms with Gasteiger partial charge in [0.15, 0.2) is 0 Å². The zero-order valence-corrected chi connectivity index (χ0v) is 7.02. The Bertz CT molecular complexity index is 125. The highest BCUT2D eigenvalue weighted by Gasteiger charge is 2.11. The molecular weight excluding hydrogens is 124 g/mol. The zero-order valence-electron chi connectivity index (χ0n) is 7.02. The predicted octanol–water partition coefficient (Wildman–Crippen LogP) is 1.81. The highest BCUT2D eigenvalue weighted by Crippen LogP contribution is 2.11. The molecule has 0 aliphatic rings. The fourth-order valence-corrected chi connectivity index (χ4v) is 1.00. The first-order valence-corrected chi connectivity index (χ1v) is 3.86. The van der Waals surface area contributed by atoms with Crippen molar-refractivity contribution in [2.45, 2.75) is 39.7 Å². The van der Waals surface area contributed by atoms with Crippen molar-refractivity contribution >= 4 is 0 Å². The minimum Gasteiger partial charge on any atom is -0.380 e. The van der Waals surface area contributed by atoms with E-state index < -0.39 is 6.10 Å². The lowest BCUT2D eigenvalue weighted by molar-refractivity contribution is 0.155. The lowest BCUT2D eigenvalue weighted by Crippen LogP contribution is -2.16. The Morgan fingerprint density at radius 2 is 1.80 bits per heavy atom. The van der Waals surface area contributed by atoms with Crippen molar-refractivity contribution in [1.82, 2.24) is 0 Å². The van der Waals surface area contributed by atoms with E-state index in [0.717, 1.165) is 12.8 Å². The number of hydrogen-bond donors (Lipinski definition) is 1. The standard InChI is InChI=1S/C9H16O/c1-4-7-9(10)8(5-2)6-3/h8-10H,5-6H2,1-3H3. The number of aliphatic hydroxyl groups excluding tert-OH is 1. The molecule has 1 unspecified atom stereocenters. The molecule has 0 radical (unpaired) electrons. The fourth-order valence-electron chi connectivity index (χ4n) is 1.00. The maximum Gasteiger partial charge on any atom is 0.117 e. The quantitative estimate of drug-likeness (QED) is 0.593. The predicted molar refractivity (Wildman–Crippen MR) is 43.5 cm³/mol. The Labute approximate surface area is 63.5 Å². The molecule has 10 heavy (non-hydrogen) atoms. The summed E-state index contributed by atoms with van der Waals surface area (Å²) in [5, 5.41) is 9.34. The van der Waals surface area contributed by atoms with Gasteiger partial charge < -0.3 is 5.11 Å². The second-order valence-electron chi connectivity index (χ2n) is 2.42. The average molecular weight is 140 g/mol. The fraction of sp³-hybridized carbons (Fsp3) is 0.778. The maximum atomic E-state index is 9.34. The number of rotatable bonds is 3. The van der Waals surface area contributed by atoms with Gasteiger partial charge in [-0.2, -0.15) is 0 Å². The topological polar surface area (TPSA) is 20.2 Å². The molecule has 0 amide bonds. The maximum absolute atomic E-state index is 9.34. The molecule has 1 nitrogen and oxygen atoms in total. The molecule has 0 aliphatic carbocycles. The molecule has 0 saturated carbocycles. The molecule has 0 aliphatic heterocycles. The molecule has 58 valence electrons. The van der Waals surface area contributed by atoms with Gasteiger partial charge in [0.2, 0.25) is 0 Å². The van der Waals surface area contributed by atoms with Gasteiger partial charge in [-0.1, -0.05) is 19.8 Å². The largest absolute Gasteiger partial charge is 0.380 e. The lowest BCUT2D eigenvalue weighted by atomic mass is 9.97. The van der Waals surface area contributed by atoms with Gasteiger partial charge in [0.05, 0.1) is 0 Å². The van der Waals surface area contributed by atoms with Crippen LogP contribution in [0.1, 0.15) is 33.6 Å². The van der Waals surface area contributed by atoms with Crippen molar-refractivity contribution in [3.63, 3.8) is 0 Å². The monoisotopic (exact) mass is 140 g/mol. The molecule has 1 atom stereocenters.